The van der Waals surface area contributed by atoms with Crippen molar-refractivity contribution in [1.82, 2.24) is 24.6 Å². The van der Waals surface area contributed by atoms with Crippen molar-refractivity contribution < 1.29 is 0 Å². The van der Waals surface area contributed by atoms with Gasteiger partial charge < -0.3 is 9.88 Å². The molecule has 1 aliphatic rings. The Kier molecular flexibility index (Phi) is 3.62. The summed E-state index contributed by atoms with van der Waals surface area (Å²) >= 11 is 0. The molecule has 4 aromatic rings. The number of H-pyrrole nitrogens is 1. The number of nitrogens with zero attached hydrogens (tertiary/aromatic N) is 5. The molecule has 1 N–H and O–H groups in total. The lowest BCUT2D eigenvalue weighted by Crippen LogP contribution is -2.37. The highest BCUT2D eigenvalue weighted by Crippen LogP contribution is 2.26. The second-order valence-corrected chi connectivity index (χ2v) is 7.22. The topological polar surface area (TPSA) is 62.1 Å². The molecule has 3 aromatic heterocycles. The standard InChI is InChI=1S/C20H22N6/c1-14-11-20(26-19(22-14)8-9-21-26)25-10-4-5-15(13-25)12-18-23-16-6-2-3-7-17(16)24-18/h2-3,6-9,11,15H,4-5,10,12-13H2,1H3,(H,23,24)/t15-/m0/s1. The van der Waals surface area contributed by atoms with Gasteiger partial charge in [0.25, 0.3) is 0 Å². The molecule has 1 saturated heterocycles. The van der Waals surface area contributed by atoms with Crippen molar-refractivity contribution in [2.45, 2.75) is 26.2 Å². The summed E-state index contributed by atoms with van der Waals surface area (Å²) in [6, 6.07) is 12.4. The normalized spacial score (nSPS) is 18.0. The predicted molar refractivity (Wildman–Crippen MR) is 102 cm³/mol. The molecule has 0 spiro atoms. The van der Waals surface area contributed by atoms with Crippen molar-refractivity contribution in [2.75, 3.05) is 18.0 Å². The fraction of sp³-hybridized carbons (Fsp3) is 0.350. The van der Waals surface area contributed by atoms with Gasteiger partial charge in [0, 0.05) is 37.3 Å². The van der Waals surface area contributed by atoms with E-state index in [1.54, 1.807) is 0 Å². The minimum absolute atomic E-state index is 0.586. The Balaban J connectivity index is 1.39. The number of para-hydroxylation sites is 2. The molecule has 0 amide bonds. The number of rotatable bonds is 3. The first-order valence-corrected chi connectivity index (χ1v) is 9.26. The smallest absolute Gasteiger partial charge is 0.157 e. The maximum Gasteiger partial charge on any atom is 0.157 e. The first-order chi connectivity index (χ1) is 12.8. The molecule has 4 heterocycles. The maximum absolute atomic E-state index is 4.76. The number of nitrogens with one attached hydrogen (secondary N) is 1. The van der Waals surface area contributed by atoms with Crippen LogP contribution < -0.4 is 4.90 Å². The van der Waals surface area contributed by atoms with Crippen LogP contribution in [0.15, 0.2) is 42.6 Å². The lowest BCUT2D eigenvalue weighted by atomic mass is 9.94. The molecule has 26 heavy (non-hydrogen) atoms. The minimum Gasteiger partial charge on any atom is -0.356 e. The van der Waals surface area contributed by atoms with Crippen LogP contribution >= 0.6 is 0 Å². The largest absolute Gasteiger partial charge is 0.356 e. The SMILES string of the molecule is Cc1cc(N2CCC[C@@H](Cc3nc4ccccc4[nH]3)C2)n2nccc2n1. The van der Waals surface area contributed by atoms with E-state index in [2.05, 4.69) is 38.2 Å². The highest BCUT2D eigenvalue weighted by Gasteiger charge is 2.23. The third kappa shape index (κ3) is 2.71. The van der Waals surface area contributed by atoms with E-state index in [-0.39, 0.29) is 0 Å². The molecule has 5 rings (SSSR count). The summed E-state index contributed by atoms with van der Waals surface area (Å²) in [5, 5.41) is 4.47. The molecule has 1 fully saturated rings. The minimum atomic E-state index is 0.586. The number of hydrogen-bond acceptors (Lipinski definition) is 4. The van der Waals surface area contributed by atoms with E-state index in [4.69, 9.17) is 4.98 Å². The second-order valence-electron chi connectivity index (χ2n) is 7.22. The second kappa shape index (κ2) is 6.12. The third-order valence-corrected chi connectivity index (χ3v) is 5.23. The zero-order valence-corrected chi connectivity index (χ0v) is 14.9. The van der Waals surface area contributed by atoms with Crippen molar-refractivity contribution in [3.63, 3.8) is 0 Å². The quantitative estimate of drug-likeness (QED) is 0.618. The summed E-state index contributed by atoms with van der Waals surface area (Å²) in [5.74, 6) is 2.82. The molecule has 0 bridgehead atoms. The van der Waals surface area contributed by atoms with Gasteiger partial charge >= 0.3 is 0 Å². The number of piperidine rings is 1. The maximum atomic E-state index is 4.76. The molecule has 132 valence electrons. The monoisotopic (exact) mass is 346 g/mol. The van der Waals surface area contributed by atoms with Crippen molar-refractivity contribution in [1.29, 1.82) is 0 Å². The van der Waals surface area contributed by atoms with Crippen LogP contribution in [0.2, 0.25) is 0 Å². The van der Waals surface area contributed by atoms with Gasteiger partial charge in [-0.15, -0.1) is 0 Å². The number of fused-ring (bicyclic) bond motifs is 2. The Hall–Kier alpha value is -2.89. The average molecular weight is 346 g/mol. The number of imidazole rings is 1. The van der Waals surface area contributed by atoms with Gasteiger partial charge in [-0.2, -0.15) is 9.61 Å². The van der Waals surface area contributed by atoms with E-state index in [9.17, 15) is 0 Å². The number of hydrogen-bond donors (Lipinski definition) is 1. The van der Waals surface area contributed by atoms with Crippen molar-refractivity contribution in [2.24, 2.45) is 5.92 Å². The lowest BCUT2D eigenvalue weighted by molar-refractivity contribution is 0.404. The van der Waals surface area contributed by atoms with Crippen LogP contribution in [0.5, 0.6) is 0 Å². The van der Waals surface area contributed by atoms with Gasteiger partial charge in [0.1, 0.15) is 11.6 Å². The summed E-state index contributed by atoms with van der Waals surface area (Å²) < 4.78 is 1.95. The third-order valence-electron chi connectivity index (χ3n) is 5.23. The Morgan fingerprint density at radius 3 is 3.04 bits per heavy atom. The van der Waals surface area contributed by atoms with Gasteiger partial charge in [-0.1, -0.05) is 12.1 Å². The molecule has 0 unspecified atom stereocenters. The van der Waals surface area contributed by atoms with Crippen LogP contribution in [0.25, 0.3) is 16.7 Å². The lowest BCUT2D eigenvalue weighted by Gasteiger charge is -2.34. The van der Waals surface area contributed by atoms with Crippen LogP contribution in [0.4, 0.5) is 5.82 Å². The van der Waals surface area contributed by atoms with Crippen molar-refractivity contribution in [3.8, 4) is 0 Å². The molecule has 6 nitrogen and oxygen atoms in total. The van der Waals surface area contributed by atoms with Gasteiger partial charge in [0.15, 0.2) is 5.65 Å². The molecule has 0 radical (unpaired) electrons. The van der Waals surface area contributed by atoms with Gasteiger partial charge in [0.2, 0.25) is 0 Å². The van der Waals surface area contributed by atoms with Gasteiger partial charge in [-0.25, -0.2) is 9.97 Å². The first kappa shape index (κ1) is 15.4. The van der Waals surface area contributed by atoms with E-state index >= 15 is 0 Å². The number of aromatic amines is 1. The Morgan fingerprint density at radius 1 is 1.19 bits per heavy atom. The summed E-state index contributed by atoms with van der Waals surface area (Å²) in [6.07, 6.45) is 5.23. The molecule has 6 heteroatoms. The van der Waals surface area contributed by atoms with Crippen LogP contribution in [-0.4, -0.2) is 37.7 Å². The predicted octanol–water partition coefficient (Wildman–Crippen LogP) is 3.37. The zero-order valence-electron chi connectivity index (χ0n) is 14.9. The van der Waals surface area contributed by atoms with Crippen LogP contribution in [0.1, 0.15) is 24.4 Å². The fourth-order valence-corrected chi connectivity index (χ4v) is 4.06. The summed E-state index contributed by atoms with van der Waals surface area (Å²) in [5.41, 5.74) is 4.13. The van der Waals surface area contributed by atoms with E-state index in [0.717, 1.165) is 53.5 Å². The number of benzene rings is 1. The van der Waals surface area contributed by atoms with E-state index in [1.807, 2.05) is 35.8 Å². The fourth-order valence-electron chi connectivity index (χ4n) is 4.06. The Morgan fingerprint density at radius 2 is 2.12 bits per heavy atom. The molecule has 1 aliphatic heterocycles. The van der Waals surface area contributed by atoms with Crippen LogP contribution in [0.3, 0.4) is 0 Å². The number of aryl methyl sites for hydroxylation is 1. The Bertz CT molecular complexity index is 1030. The van der Waals surface area contributed by atoms with Crippen molar-refractivity contribution in [3.05, 3.63) is 54.1 Å². The van der Waals surface area contributed by atoms with E-state index < -0.39 is 0 Å². The summed E-state index contributed by atoms with van der Waals surface area (Å²) in [4.78, 5) is 15.2. The zero-order chi connectivity index (χ0) is 17.5. The highest BCUT2D eigenvalue weighted by atomic mass is 15.3. The molecular weight excluding hydrogens is 324 g/mol. The number of anilines is 1. The Labute approximate surface area is 151 Å². The van der Waals surface area contributed by atoms with Gasteiger partial charge in [0.05, 0.1) is 17.2 Å². The number of aromatic nitrogens is 5. The highest BCUT2D eigenvalue weighted by molar-refractivity contribution is 5.74. The molecule has 0 aliphatic carbocycles. The summed E-state index contributed by atoms with van der Waals surface area (Å²) in [7, 11) is 0. The first-order valence-electron chi connectivity index (χ1n) is 9.26. The summed E-state index contributed by atoms with van der Waals surface area (Å²) in [6.45, 7) is 4.14. The van der Waals surface area contributed by atoms with Crippen LogP contribution in [-0.2, 0) is 6.42 Å². The van der Waals surface area contributed by atoms with Gasteiger partial charge in [-0.3, -0.25) is 0 Å². The van der Waals surface area contributed by atoms with Gasteiger partial charge in [-0.05, 0) is 37.8 Å². The van der Waals surface area contributed by atoms with E-state index in [0.29, 0.717) is 5.92 Å². The molecular formula is C20H22N6. The average Bonchev–Trinajstić information content (AvgIpc) is 3.27. The molecule has 1 atom stereocenters. The molecule has 1 aromatic carbocycles. The van der Waals surface area contributed by atoms with E-state index in [1.165, 1.54) is 12.8 Å². The van der Waals surface area contributed by atoms with Crippen molar-refractivity contribution >= 4 is 22.5 Å². The van der Waals surface area contributed by atoms with Crippen LogP contribution in [0, 0.1) is 12.8 Å². The molecule has 0 saturated carbocycles.